The van der Waals surface area contributed by atoms with Crippen LogP contribution in [-0.4, -0.2) is 39.1 Å². The number of nitrogens with two attached hydrogens (primary N) is 1. The Hall–Kier alpha value is -1.63. The number of piperidine rings is 1. The van der Waals surface area contributed by atoms with Gasteiger partial charge < -0.3 is 11.1 Å². The lowest BCUT2D eigenvalue weighted by Crippen LogP contribution is -2.35. The van der Waals surface area contributed by atoms with Crippen molar-refractivity contribution in [2.24, 2.45) is 0 Å². The second kappa shape index (κ2) is 7.58. The van der Waals surface area contributed by atoms with Crippen LogP contribution in [-0.2, 0) is 0 Å². The summed E-state index contributed by atoms with van der Waals surface area (Å²) in [6.45, 7) is 2.05. The minimum Gasteiger partial charge on any atom is -0.368 e. The van der Waals surface area contributed by atoms with Crippen LogP contribution in [0.25, 0.3) is 0 Å². The van der Waals surface area contributed by atoms with Crippen LogP contribution in [0, 0.1) is 0 Å². The average molecular weight is 305 g/mol. The van der Waals surface area contributed by atoms with Crippen molar-refractivity contribution in [1.82, 2.24) is 20.0 Å². The van der Waals surface area contributed by atoms with E-state index in [2.05, 4.69) is 30.7 Å². The molecule has 7 heteroatoms. The first-order valence-corrected chi connectivity index (χ1v) is 8.59. The molecule has 22 heavy (non-hydrogen) atoms. The summed E-state index contributed by atoms with van der Waals surface area (Å²) >= 11 is 0. The molecule has 0 aromatic carbocycles. The van der Waals surface area contributed by atoms with E-state index in [-0.39, 0.29) is 5.95 Å². The number of nitrogen functional groups attached to an aromatic ring is 1. The second-order valence-electron chi connectivity index (χ2n) is 6.33. The molecule has 1 saturated heterocycles. The largest absolute Gasteiger partial charge is 0.368 e. The van der Waals surface area contributed by atoms with Crippen LogP contribution in [0.4, 0.5) is 17.8 Å². The Morgan fingerprint density at radius 3 is 2.18 bits per heavy atom. The first kappa shape index (κ1) is 15.3. The SMILES string of the molecule is Nc1nc(NC2CCCCCC2)nc(NN2CCCCC2)n1. The van der Waals surface area contributed by atoms with Gasteiger partial charge in [-0.15, -0.1) is 0 Å². The lowest BCUT2D eigenvalue weighted by atomic mass is 10.1. The van der Waals surface area contributed by atoms with Crippen LogP contribution in [0.1, 0.15) is 57.8 Å². The van der Waals surface area contributed by atoms with E-state index < -0.39 is 0 Å². The number of hydrogen-bond donors (Lipinski definition) is 3. The molecule has 1 aromatic rings. The monoisotopic (exact) mass is 305 g/mol. The molecule has 122 valence electrons. The van der Waals surface area contributed by atoms with Crippen LogP contribution in [0.2, 0.25) is 0 Å². The Balaban J connectivity index is 1.63. The highest BCUT2D eigenvalue weighted by Crippen LogP contribution is 2.20. The number of rotatable bonds is 4. The fraction of sp³-hybridized carbons (Fsp3) is 0.800. The molecule has 0 radical (unpaired) electrons. The molecule has 2 heterocycles. The zero-order valence-electron chi connectivity index (χ0n) is 13.2. The van der Waals surface area contributed by atoms with Crippen molar-refractivity contribution in [2.75, 3.05) is 29.6 Å². The molecule has 1 saturated carbocycles. The van der Waals surface area contributed by atoms with E-state index in [1.54, 1.807) is 0 Å². The van der Waals surface area contributed by atoms with Crippen LogP contribution >= 0.6 is 0 Å². The highest BCUT2D eigenvalue weighted by molar-refractivity contribution is 5.40. The van der Waals surface area contributed by atoms with Gasteiger partial charge in [0, 0.05) is 19.1 Å². The molecule has 0 bridgehead atoms. The molecule has 0 atom stereocenters. The number of nitrogens with one attached hydrogen (secondary N) is 2. The van der Waals surface area contributed by atoms with E-state index in [0.717, 1.165) is 13.1 Å². The van der Waals surface area contributed by atoms with Crippen molar-refractivity contribution in [3.8, 4) is 0 Å². The standard InChI is InChI=1S/C15H27N7/c16-13-18-14(17-12-8-4-1-2-5-9-12)20-15(19-13)21-22-10-6-3-7-11-22/h12H,1-11H2,(H4,16,17,18,19,20,21). The van der Waals surface area contributed by atoms with Crippen molar-refractivity contribution >= 4 is 17.8 Å². The van der Waals surface area contributed by atoms with Gasteiger partial charge in [0.2, 0.25) is 17.8 Å². The number of hydrogen-bond acceptors (Lipinski definition) is 7. The number of nitrogens with zero attached hydrogens (tertiary/aromatic N) is 4. The molecule has 2 fully saturated rings. The number of anilines is 3. The quantitative estimate of drug-likeness (QED) is 0.736. The van der Waals surface area contributed by atoms with Gasteiger partial charge in [-0.1, -0.05) is 32.1 Å². The molecule has 2 aliphatic rings. The molecule has 4 N–H and O–H groups in total. The number of hydrazine groups is 1. The van der Waals surface area contributed by atoms with Gasteiger partial charge in [0.1, 0.15) is 0 Å². The Morgan fingerprint density at radius 2 is 1.45 bits per heavy atom. The normalized spacial score (nSPS) is 21.3. The molecule has 1 aromatic heterocycles. The van der Waals surface area contributed by atoms with Crippen LogP contribution < -0.4 is 16.5 Å². The Bertz CT molecular complexity index is 465. The van der Waals surface area contributed by atoms with Gasteiger partial charge in [0.15, 0.2) is 0 Å². The lowest BCUT2D eigenvalue weighted by molar-refractivity contribution is 0.271. The maximum Gasteiger partial charge on any atom is 0.244 e. The average Bonchev–Trinajstić information content (AvgIpc) is 2.76. The minimum absolute atomic E-state index is 0.269. The van der Waals surface area contributed by atoms with Crippen molar-refractivity contribution in [1.29, 1.82) is 0 Å². The zero-order chi connectivity index (χ0) is 15.2. The van der Waals surface area contributed by atoms with Gasteiger partial charge in [-0.05, 0) is 25.7 Å². The molecular formula is C15H27N7. The zero-order valence-corrected chi connectivity index (χ0v) is 13.2. The van der Waals surface area contributed by atoms with Gasteiger partial charge in [0.05, 0.1) is 0 Å². The smallest absolute Gasteiger partial charge is 0.244 e. The summed E-state index contributed by atoms with van der Waals surface area (Å²) in [5.74, 6) is 1.41. The molecule has 1 aliphatic heterocycles. The Kier molecular flexibility index (Phi) is 5.26. The highest BCUT2D eigenvalue weighted by Gasteiger charge is 2.16. The van der Waals surface area contributed by atoms with Crippen LogP contribution in [0.5, 0.6) is 0 Å². The highest BCUT2D eigenvalue weighted by atomic mass is 15.5. The minimum atomic E-state index is 0.269. The fourth-order valence-corrected chi connectivity index (χ4v) is 3.26. The van der Waals surface area contributed by atoms with E-state index >= 15 is 0 Å². The third kappa shape index (κ3) is 4.43. The Morgan fingerprint density at radius 1 is 0.818 bits per heavy atom. The maximum absolute atomic E-state index is 5.84. The van der Waals surface area contributed by atoms with E-state index in [4.69, 9.17) is 5.73 Å². The first-order valence-electron chi connectivity index (χ1n) is 8.59. The fourth-order valence-electron chi connectivity index (χ4n) is 3.26. The predicted octanol–water partition coefficient (Wildman–Crippen LogP) is 2.40. The third-order valence-electron chi connectivity index (χ3n) is 4.46. The van der Waals surface area contributed by atoms with E-state index in [9.17, 15) is 0 Å². The second-order valence-corrected chi connectivity index (χ2v) is 6.33. The molecule has 0 amide bonds. The van der Waals surface area contributed by atoms with Gasteiger partial charge >= 0.3 is 0 Å². The topological polar surface area (TPSA) is 92.0 Å². The van der Waals surface area contributed by atoms with Gasteiger partial charge in [-0.25, -0.2) is 5.01 Å². The summed E-state index contributed by atoms with van der Waals surface area (Å²) in [5, 5.41) is 5.60. The first-order chi connectivity index (χ1) is 10.8. The van der Waals surface area contributed by atoms with Crippen molar-refractivity contribution in [3.05, 3.63) is 0 Å². The molecular weight excluding hydrogens is 278 g/mol. The molecule has 0 spiro atoms. The van der Waals surface area contributed by atoms with Gasteiger partial charge in [-0.2, -0.15) is 15.0 Å². The van der Waals surface area contributed by atoms with Gasteiger partial charge in [-0.3, -0.25) is 5.43 Å². The summed E-state index contributed by atoms with van der Waals surface area (Å²) in [6, 6.07) is 0.451. The van der Waals surface area contributed by atoms with E-state index in [0.29, 0.717) is 17.9 Å². The lowest BCUT2D eigenvalue weighted by Gasteiger charge is -2.27. The summed E-state index contributed by atoms with van der Waals surface area (Å²) in [5.41, 5.74) is 9.10. The summed E-state index contributed by atoms with van der Waals surface area (Å²) < 4.78 is 0. The molecule has 0 unspecified atom stereocenters. The van der Waals surface area contributed by atoms with E-state index in [1.807, 2.05) is 0 Å². The molecule has 3 rings (SSSR count). The predicted molar refractivity (Wildman–Crippen MR) is 88.4 cm³/mol. The Labute approximate surface area is 132 Å². The van der Waals surface area contributed by atoms with Gasteiger partial charge in [0.25, 0.3) is 0 Å². The summed E-state index contributed by atoms with van der Waals surface area (Å²) in [4.78, 5) is 12.9. The van der Waals surface area contributed by atoms with Crippen LogP contribution in [0.3, 0.4) is 0 Å². The summed E-state index contributed by atoms with van der Waals surface area (Å²) in [6.07, 6.45) is 11.3. The molecule has 7 nitrogen and oxygen atoms in total. The number of aromatic nitrogens is 3. The summed E-state index contributed by atoms with van der Waals surface area (Å²) in [7, 11) is 0. The maximum atomic E-state index is 5.84. The molecule has 1 aliphatic carbocycles. The van der Waals surface area contributed by atoms with Crippen LogP contribution in [0.15, 0.2) is 0 Å². The third-order valence-corrected chi connectivity index (χ3v) is 4.46. The van der Waals surface area contributed by atoms with Crippen molar-refractivity contribution < 1.29 is 0 Å². The van der Waals surface area contributed by atoms with E-state index in [1.165, 1.54) is 57.8 Å². The van der Waals surface area contributed by atoms with Crippen molar-refractivity contribution in [2.45, 2.75) is 63.8 Å². The van der Waals surface area contributed by atoms with Crippen molar-refractivity contribution in [3.63, 3.8) is 0 Å².